The topological polar surface area (TPSA) is 59.8 Å². The van der Waals surface area contributed by atoms with Crippen LogP contribution in [0.25, 0.3) is 10.8 Å². The van der Waals surface area contributed by atoms with Crippen molar-refractivity contribution in [2.45, 2.75) is 19.4 Å². The van der Waals surface area contributed by atoms with Crippen LogP contribution in [0.3, 0.4) is 0 Å². The van der Waals surface area contributed by atoms with Crippen molar-refractivity contribution in [1.82, 2.24) is 0 Å². The molecule has 1 saturated heterocycles. The van der Waals surface area contributed by atoms with Gasteiger partial charge in [-0.25, -0.2) is 4.79 Å². The molecule has 2 aromatic carbocycles. The molecule has 0 bridgehead atoms. The molecule has 126 valence electrons. The lowest BCUT2D eigenvalue weighted by molar-refractivity contribution is -0.139. The van der Waals surface area contributed by atoms with E-state index in [4.69, 9.17) is 9.15 Å². The molecule has 1 unspecified atom stereocenters. The maximum atomic E-state index is 13.2. The van der Waals surface area contributed by atoms with Crippen LogP contribution in [0.1, 0.15) is 22.5 Å². The molecule has 1 atom stereocenters. The normalized spacial score (nSPS) is 16.8. The quantitative estimate of drug-likeness (QED) is 0.685. The van der Waals surface area contributed by atoms with Crippen molar-refractivity contribution in [3.63, 3.8) is 0 Å². The third-order valence-corrected chi connectivity index (χ3v) is 4.51. The fourth-order valence-electron chi connectivity index (χ4n) is 3.32. The minimum atomic E-state index is -0.651. The number of aryl methyl sites for hydroxylation is 1. The van der Waals surface area contributed by atoms with Crippen molar-refractivity contribution >= 4 is 28.3 Å². The first-order chi connectivity index (χ1) is 12.2. The number of carbonyl (C=O) groups is 2. The van der Waals surface area contributed by atoms with Gasteiger partial charge in [0.15, 0.2) is 5.76 Å². The summed E-state index contributed by atoms with van der Waals surface area (Å²) in [5, 5.41) is 1.92. The zero-order chi connectivity index (χ0) is 17.4. The second kappa shape index (κ2) is 6.09. The second-order valence-electron chi connectivity index (χ2n) is 6.08. The minimum Gasteiger partial charge on any atom is -0.464 e. The van der Waals surface area contributed by atoms with Crippen LogP contribution in [0.5, 0.6) is 0 Å². The van der Waals surface area contributed by atoms with Crippen LogP contribution in [-0.2, 0) is 9.53 Å². The Kier molecular flexibility index (Phi) is 3.76. The predicted octanol–water partition coefficient (Wildman–Crippen LogP) is 3.70. The average Bonchev–Trinajstić information content (AvgIpc) is 3.29. The molecule has 1 amide bonds. The number of hydrogen-bond acceptors (Lipinski definition) is 4. The van der Waals surface area contributed by atoms with Gasteiger partial charge in [-0.2, -0.15) is 0 Å². The third kappa shape index (κ3) is 2.58. The highest BCUT2D eigenvalue weighted by Crippen LogP contribution is 2.35. The van der Waals surface area contributed by atoms with E-state index in [0.29, 0.717) is 13.0 Å². The maximum absolute atomic E-state index is 13.2. The standard InChI is InChI=1S/C20H17NO4/c1-13-8-9-14-5-2-3-6-15(14)18(13)21(16-10-12-25-20(16)23)19(22)17-7-4-11-24-17/h2-9,11,16H,10,12H2,1H3. The molecule has 0 radical (unpaired) electrons. The summed E-state index contributed by atoms with van der Waals surface area (Å²) in [6.07, 6.45) is 1.92. The van der Waals surface area contributed by atoms with Crippen molar-refractivity contribution in [3.05, 3.63) is 66.1 Å². The van der Waals surface area contributed by atoms with Crippen molar-refractivity contribution in [1.29, 1.82) is 0 Å². The van der Waals surface area contributed by atoms with Gasteiger partial charge in [-0.1, -0.05) is 36.4 Å². The highest BCUT2D eigenvalue weighted by Gasteiger charge is 2.38. The monoisotopic (exact) mass is 335 g/mol. The summed E-state index contributed by atoms with van der Waals surface area (Å²) in [4.78, 5) is 27.0. The van der Waals surface area contributed by atoms with Crippen LogP contribution >= 0.6 is 0 Å². The molecule has 5 heteroatoms. The summed E-state index contributed by atoms with van der Waals surface area (Å²) in [5.74, 6) is -0.521. The number of carbonyl (C=O) groups excluding carboxylic acids is 2. The minimum absolute atomic E-state index is 0.201. The van der Waals surface area contributed by atoms with Crippen LogP contribution < -0.4 is 4.90 Å². The Labute approximate surface area is 144 Å². The number of hydrogen-bond donors (Lipinski definition) is 0. The van der Waals surface area contributed by atoms with Crippen molar-refractivity contribution in [3.8, 4) is 0 Å². The van der Waals surface area contributed by atoms with E-state index in [0.717, 1.165) is 22.0 Å². The van der Waals surface area contributed by atoms with Crippen LogP contribution in [-0.4, -0.2) is 24.5 Å². The predicted molar refractivity (Wildman–Crippen MR) is 93.6 cm³/mol. The zero-order valence-corrected chi connectivity index (χ0v) is 13.8. The molecule has 2 heterocycles. The van der Waals surface area contributed by atoms with Gasteiger partial charge in [0, 0.05) is 11.8 Å². The Bertz CT molecular complexity index is 945. The SMILES string of the molecule is Cc1ccc2ccccc2c1N(C(=O)c1ccco1)C1CCOC1=O. The van der Waals surface area contributed by atoms with E-state index in [2.05, 4.69) is 0 Å². The van der Waals surface area contributed by atoms with E-state index in [1.165, 1.54) is 11.2 Å². The van der Waals surface area contributed by atoms with Gasteiger partial charge in [-0.15, -0.1) is 0 Å². The number of ether oxygens (including phenoxy) is 1. The molecule has 1 aromatic heterocycles. The number of furan rings is 1. The average molecular weight is 335 g/mol. The first-order valence-corrected chi connectivity index (χ1v) is 8.19. The number of anilines is 1. The molecular formula is C20H17NO4. The summed E-state index contributed by atoms with van der Waals surface area (Å²) in [6, 6.07) is 14.4. The van der Waals surface area contributed by atoms with Crippen molar-refractivity contribution in [2.24, 2.45) is 0 Å². The van der Waals surface area contributed by atoms with Crippen molar-refractivity contribution in [2.75, 3.05) is 11.5 Å². The Morgan fingerprint density at radius 1 is 1.12 bits per heavy atom. The highest BCUT2D eigenvalue weighted by atomic mass is 16.5. The summed E-state index contributed by atoms with van der Waals surface area (Å²) < 4.78 is 10.4. The molecule has 1 aliphatic rings. The lowest BCUT2D eigenvalue weighted by Gasteiger charge is -2.28. The maximum Gasteiger partial charge on any atom is 0.329 e. The first kappa shape index (κ1) is 15.4. The summed E-state index contributed by atoms with van der Waals surface area (Å²) in [5.41, 5.74) is 1.64. The highest BCUT2D eigenvalue weighted by molar-refractivity contribution is 6.13. The molecule has 1 fully saturated rings. The van der Waals surface area contributed by atoms with E-state index in [9.17, 15) is 9.59 Å². The molecule has 1 aliphatic heterocycles. The van der Waals surface area contributed by atoms with Crippen LogP contribution in [0.2, 0.25) is 0 Å². The van der Waals surface area contributed by atoms with Gasteiger partial charge in [0.05, 0.1) is 18.6 Å². The molecule has 0 aliphatic carbocycles. The van der Waals surface area contributed by atoms with Crippen LogP contribution in [0.4, 0.5) is 5.69 Å². The number of cyclic esters (lactones) is 1. The third-order valence-electron chi connectivity index (χ3n) is 4.51. The zero-order valence-electron chi connectivity index (χ0n) is 13.8. The van der Waals surface area contributed by atoms with Gasteiger partial charge in [0.25, 0.3) is 5.91 Å². The van der Waals surface area contributed by atoms with E-state index < -0.39 is 6.04 Å². The first-order valence-electron chi connectivity index (χ1n) is 8.19. The summed E-state index contributed by atoms with van der Waals surface area (Å²) in [7, 11) is 0. The molecule has 0 N–H and O–H groups in total. The molecule has 0 spiro atoms. The second-order valence-corrected chi connectivity index (χ2v) is 6.08. The molecule has 4 rings (SSSR count). The molecular weight excluding hydrogens is 318 g/mol. The fourth-order valence-corrected chi connectivity index (χ4v) is 3.32. The number of benzene rings is 2. The molecule has 0 saturated carbocycles. The number of rotatable bonds is 3. The largest absolute Gasteiger partial charge is 0.464 e. The summed E-state index contributed by atoms with van der Waals surface area (Å²) in [6.45, 7) is 2.25. The van der Waals surface area contributed by atoms with Gasteiger partial charge < -0.3 is 9.15 Å². The molecule has 5 nitrogen and oxygen atoms in total. The van der Waals surface area contributed by atoms with Gasteiger partial charge in [-0.05, 0) is 30.0 Å². The van der Waals surface area contributed by atoms with E-state index in [1.54, 1.807) is 12.1 Å². The van der Waals surface area contributed by atoms with Gasteiger partial charge >= 0.3 is 5.97 Å². The van der Waals surface area contributed by atoms with Crippen LogP contribution in [0, 0.1) is 6.92 Å². The van der Waals surface area contributed by atoms with Crippen molar-refractivity contribution < 1.29 is 18.7 Å². The number of esters is 1. The van der Waals surface area contributed by atoms with Crippen LogP contribution in [0.15, 0.2) is 59.2 Å². The van der Waals surface area contributed by atoms with Gasteiger partial charge in [-0.3, -0.25) is 9.69 Å². The number of fused-ring (bicyclic) bond motifs is 1. The van der Waals surface area contributed by atoms with Gasteiger partial charge in [0.2, 0.25) is 0 Å². The number of nitrogens with zero attached hydrogens (tertiary/aromatic N) is 1. The Morgan fingerprint density at radius 2 is 1.96 bits per heavy atom. The fraction of sp³-hybridized carbons (Fsp3) is 0.200. The summed E-state index contributed by atoms with van der Waals surface area (Å²) >= 11 is 0. The van der Waals surface area contributed by atoms with E-state index >= 15 is 0 Å². The smallest absolute Gasteiger partial charge is 0.329 e. The van der Waals surface area contributed by atoms with E-state index in [-0.39, 0.29) is 17.6 Å². The lowest BCUT2D eigenvalue weighted by atomic mass is 10.0. The molecule has 3 aromatic rings. The Hall–Kier alpha value is -3.08. The lowest BCUT2D eigenvalue weighted by Crippen LogP contribution is -2.43. The molecule has 25 heavy (non-hydrogen) atoms. The Morgan fingerprint density at radius 3 is 2.68 bits per heavy atom. The Balaban J connectivity index is 1.94. The number of amides is 1. The van der Waals surface area contributed by atoms with E-state index in [1.807, 2.05) is 43.3 Å². The van der Waals surface area contributed by atoms with Gasteiger partial charge in [0.1, 0.15) is 6.04 Å².